The van der Waals surface area contributed by atoms with Crippen LogP contribution in [0.2, 0.25) is 0 Å². The molecule has 3 atom stereocenters. The predicted molar refractivity (Wildman–Crippen MR) is 118 cm³/mol. The lowest BCUT2D eigenvalue weighted by Gasteiger charge is -2.40. The number of fused-ring (bicyclic) bond motifs is 3. The number of rotatable bonds is 5. The summed E-state index contributed by atoms with van der Waals surface area (Å²) in [6.07, 6.45) is 3.61. The monoisotopic (exact) mass is 438 g/mol. The van der Waals surface area contributed by atoms with Crippen LogP contribution >= 0.6 is 0 Å². The van der Waals surface area contributed by atoms with Crippen LogP contribution in [-0.2, 0) is 31.0 Å². The first-order chi connectivity index (χ1) is 15.1. The van der Waals surface area contributed by atoms with Crippen LogP contribution in [-0.4, -0.2) is 24.3 Å². The molecular weight excluding hydrogens is 408 g/mol. The molecule has 6 heteroatoms. The lowest BCUT2D eigenvalue weighted by atomic mass is 9.65. The van der Waals surface area contributed by atoms with E-state index in [4.69, 9.17) is 13.9 Å². The molecule has 0 amide bonds. The third kappa shape index (κ3) is 4.36. The summed E-state index contributed by atoms with van der Waals surface area (Å²) in [6.45, 7) is 8.02. The minimum absolute atomic E-state index is 0.130. The van der Waals surface area contributed by atoms with E-state index < -0.39 is 5.92 Å². The summed E-state index contributed by atoms with van der Waals surface area (Å²) in [6, 6.07) is 7.76. The van der Waals surface area contributed by atoms with E-state index in [2.05, 4.69) is 32.9 Å². The lowest BCUT2D eigenvalue weighted by molar-refractivity contribution is -0.145. The van der Waals surface area contributed by atoms with Gasteiger partial charge in [0.05, 0.1) is 18.8 Å². The fraction of sp³-hybridized carbons (Fsp3) is 0.500. The molecule has 1 aliphatic carbocycles. The van der Waals surface area contributed by atoms with Crippen LogP contribution in [0.5, 0.6) is 5.75 Å². The van der Waals surface area contributed by atoms with Gasteiger partial charge in [-0.2, -0.15) is 0 Å². The molecule has 1 aromatic heterocycles. The lowest BCUT2D eigenvalue weighted by Crippen LogP contribution is -2.41. The van der Waals surface area contributed by atoms with Crippen molar-refractivity contribution >= 4 is 17.7 Å². The first-order valence-electron chi connectivity index (χ1n) is 11.2. The van der Waals surface area contributed by atoms with Gasteiger partial charge in [-0.05, 0) is 41.5 Å². The van der Waals surface area contributed by atoms with E-state index in [1.54, 1.807) is 12.3 Å². The van der Waals surface area contributed by atoms with Gasteiger partial charge in [-0.1, -0.05) is 32.9 Å². The Morgan fingerprint density at radius 2 is 1.91 bits per heavy atom. The van der Waals surface area contributed by atoms with Crippen molar-refractivity contribution < 1.29 is 28.3 Å². The van der Waals surface area contributed by atoms with E-state index in [9.17, 15) is 14.4 Å². The van der Waals surface area contributed by atoms with Gasteiger partial charge in [-0.15, -0.1) is 0 Å². The first-order valence-corrected chi connectivity index (χ1v) is 11.2. The number of esters is 2. The molecule has 1 aromatic carbocycles. The number of benzene rings is 1. The maximum atomic E-state index is 13.2. The Bertz CT molecular complexity index is 1030. The third-order valence-electron chi connectivity index (χ3n) is 6.45. The summed E-state index contributed by atoms with van der Waals surface area (Å²) >= 11 is 0. The van der Waals surface area contributed by atoms with Crippen molar-refractivity contribution in [1.29, 1.82) is 0 Å². The molecule has 1 aliphatic heterocycles. The van der Waals surface area contributed by atoms with Crippen molar-refractivity contribution in [2.24, 2.45) is 5.92 Å². The number of carbonyl (C=O) groups excluding carboxylic acids is 3. The summed E-state index contributed by atoms with van der Waals surface area (Å²) in [5, 5.41) is 0. The normalized spacial score (nSPS) is 22.7. The van der Waals surface area contributed by atoms with Crippen LogP contribution in [0.25, 0.3) is 0 Å². The Morgan fingerprint density at radius 3 is 2.56 bits per heavy atom. The Labute approximate surface area is 188 Å². The van der Waals surface area contributed by atoms with E-state index in [0.717, 1.165) is 23.1 Å². The summed E-state index contributed by atoms with van der Waals surface area (Å²) in [5.74, 6) is -0.196. The molecule has 6 nitrogen and oxygen atoms in total. The summed E-state index contributed by atoms with van der Waals surface area (Å²) in [4.78, 5) is 37.0. The average molecular weight is 439 g/mol. The third-order valence-corrected chi connectivity index (χ3v) is 6.45. The summed E-state index contributed by atoms with van der Waals surface area (Å²) in [7, 11) is 0. The number of furan rings is 1. The molecule has 32 heavy (non-hydrogen) atoms. The van der Waals surface area contributed by atoms with Crippen molar-refractivity contribution in [1.82, 2.24) is 0 Å². The Morgan fingerprint density at radius 1 is 1.16 bits per heavy atom. The number of Topliss-reactive ketones (excluding diaryl/α,β-unsaturated/α-hetero) is 1. The van der Waals surface area contributed by atoms with Crippen LogP contribution < -0.4 is 4.74 Å². The summed E-state index contributed by atoms with van der Waals surface area (Å²) < 4.78 is 16.6. The summed E-state index contributed by atoms with van der Waals surface area (Å²) in [5.41, 5.74) is 2.72. The van der Waals surface area contributed by atoms with Gasteiger partial charge in [-0.3, -0.25) is 14.4 Å². The largest absolute Gasteiger partial charge is 0.469 e. The van der Waals surface area contributed by atoms with Crippen molar-refractivity contribution in [2.75, 3.05) is 6.61 Å². The smallest absolute Gasteiger partial charge is 0.315 e. The molecule has 2 aromatic rings. The van der Waals surface area contributed by atoms with Gasteiger partial charge in [0.25, 0.3) is 0 Å². The highest BCUT2D eigenvalue weighted by molar-refractivity contribution is 5.89. The second-order valence-corrected chi connectivity index (χ2v) is 9.88. The van der Waals surface area contributed by atoms with Crippen LogP contribution in [0.4, 0.5) is 0 Å². The number of hydrogen-bond donors (Lipinski definition) is 0. The molecule has 1 fully saturated rings. The maximum Gasteiger partial charge on any atom is 0.315 e. The molecule has 0 bridgehead atoms. The van der Waals surface area contributed by atoms with Gasteiger partial charge in [0.15, 0.2) is 0 Å². The van der Waals surface area contributed by atoms with Crippen molar-refractivity contribution in [2.45, 2.75) is 70.6 Å². The quantitative estimate of drug-likeness (QED) is 0.377. The molecule has 0 unspecified atom stereocenters. The van der Waals surface area contributed by atoms with Crippen molar-refractivity contribution in [3.8, 4) is 5.75 Å². The fourth-order valence-electron chi connectivity index (χ4n) is 4.98. The standard InChI is InChI=1S/C26H30O6/c1-15(27)30-9-5-7-16-11-19-18-13-17(28)14-20(22-8-6-10-31-22)23(18)25(29)32-24(19)21(12-16)26(2,3)4/h6,8,10-12,18,20,23H,5,7,9,13-14H2,1-4H3/t18-,20+,23+/m0/s1. The first kappa shape index (κ1) is 22.3. The molecule has 0 spiro atoms. The van der Waals surface area contributed by atoms with Crippen LogP contribution in [0.1, 0.15) is 81.2 Å². The molecular formula is C26H30O6. The second kappa shape index (κ2) is 8.57. The van der Waals surface area contributed by atoms with Crippen LogP contribution in [0, 0.1) is 5.92 Å². The Balaban J connectivity index is 1.74. The van der Waals surface area contributed by atoms with Gasteiger partial charge in [-0.25, -0.2) is 0 Å². The number of ether oxygens (including phenoxy) is 2. The molecule has 2 aliphatic rings. The van der Waals surface area contributed by atoms with E-state index in [-0.39, 0.29) is 41.4 Å². The molecule has 0 saturated heterocycles. The second-order valence-electron chi connectivity index (χ2n) is 9.88. The van der Waals surface area contributed by atoms with Gasteiger partial charge < -0.3 is 13.9 Å². The molecule has 4 rings (SSSR count). The van der Waals surface area contributed by atoms with Gasteiger partial charge in [0.1, 0.15) is 17.3 Å². The fourth-order valence-corrected chi connectivity index (χ4v) is 4.98. The molecule has 0 N–H and O–H groups in total. The molecule has 2 heterocycles. The van der Waals surface area contributed by atoms with Crippen LogP contribution in [0.15, 0.2) is 34.9 Å². The zero-order valence-electron chi connectivity index (χ0n) is 19.1. The van der Waals surface area contributed by atoms with E-state index in [1.807, 2.05) is 6.07 Å². The van der Waals surface area contributed by atoms with Crippen LogP contribution in [0.3, 0.4) is 0 Å². The van der Waals surface area contributed by atoms with Crippen molar-refractivity contribution in [3.05, 3.63) is 53.0 Å². The number of ketones is 1. The number of hydrogen-bond acceptors (Lipinski definition) is 6. The number of aryl methyl sites for hydroxylation is 1. The highest BCUT2D eigenvalue weighted by Crippen LogP contribution is 2.52. The highest BCUT2D eigenvalue weighted by Gasteiger charge is 2.49. The van der Waals surface area contributed by atoms with E-state index >= 15 is 0 Å². The van der Waals surface area contributed by atoms with Gasteiger partial charge >= 0.3 is 11.9 Å². The Kier molecular flexibility index (Phi) is 5.97. The van der Waals surface area contributed by atoms with E-state index in [0.29, 0.717) is 31.0 Å². The average Bonchev–Trinajstić information content (AvgIpc) is 3.24. The van der Waals surface area contributed by atoms with Crippen molar-refractivity contribution in [3.63, 3.8) is 0 Å². The minimum Gasteiger partial charge on any atom is -0.469 e. The Hall–Kier alpha value is -2.89. The molecule has 0 radical (unpaired) electrons. The molecule has 1 saturated carbocycles. The minimum atomic E-state index is -0.449. The highest BCUT2D eigenvalue weighted by atomic mass is 16.5. The number of carbonyl (C=O) groups is 3. The van der Waals surface area contributed by atoms with Gasteiger partial charge in [0, 0.05) is 37.2 Å². The van der Waals surface area contributed by atoms with Gasteiger partial charge in [0.2, 0.25) is 0 Å². The maximum absolute atomic E-state index is 13.2. The predicted octanol–water partition coefficient (Wildman–Crippen LogP) is 4.84. The zero-order valence-corrected chi connectivity index (χ0v) is 19.1. The topological polar surface area (TPSA) is 82.8 Å². The zero-order chi connectivity index (χ0) is 23.0. The SMILES string of the molecule is CC(=O)OCCCc1cc2c(c(C(C)(C)C)c1)OC(=O)[C@H]1[C@@H](c3ccco3)CC(=O)C[C@@H]21. The van der Waals surface area contributed by atoms with E-state index in [1.165, 1.54) is 6.92 Å². The molecule has 170 valence electrons.